The van der Waals surface area contributed by atoms with Gasteiger partial charge < -0.3 is 15.5 Å². The van der Waals surface area contributed by atoms with Crippen LogP contribution in [-0.2, 0) is 10.2 Å². The van der Waals surface area contributed by atoms with E-state index in [0.29, 0.717) is 34.9 Å². The number of nitrogens with zero attached hydrogens (tertiary/aromatic N) is 6. The van der Waals surface area contributed by atoms with E-state index in [1.165, 1.54) is 12.1 Å². The molecular weight excluding hydrogens is 387 g/mol. The van der Waals surface area contributed by atoms with Crippen molar-refractivity contribution in [1.82, 2.24) is 29.3 Å². The number of nitrogens with two attached hydrogens (primary N) is 1. The summed E-state index contributed by atoms with van der Waals surface area (Å²) in [6.45, 7) is 3.68. The van der Waals surface area contributed by atoms with E-state index in [1.54, 1.807) is 18.6 Å². The number of aryl methyl sites for hydroxylation is 1. The van der Waals surface area contributed by atoms with Gasteiger partial charge in [-0.2, -0.15) is 0 Å². The number of anilines is 2. The van der Waals surface area contributed by atoms with Gasteiger partial charge in [0.25, 0.3) is 0 Å². The van der Waals surface area contributed by atoms with Gasteiger partial charge in [-0.25, -0.2) is 24.3 Å². The Balaban J connectivity index is 1.70. The van der Waals surface area contributed by atoms with Crippen LogP contribution >= 0.6 is 0 Å². The molecule has 10 heteroatoms. The topological polar surface area (TPSA) is 124 Å². The monoisotopic (exact) mass is 404 g/mol. The third-order valence-electron chi connectivity index (χ3n) is 5.45. The number of carbonyl (C=O) groups excluding carboxylic acids is 1. The number of hydrogen-bond donors (Lipinski definition) is 2. The normalized spacial score (nSPS) is 17.9. The first kappa shape index (κ1) is 18.1. The number of nitrogens with one attached hydrogen (secondary N) is 1. The summed E-state index contributed by atoms with van der Waals surface area (Å²) in [5, 5.41) is 2.80. The zero-order valence-electron chi connectivity index (χ0n) is 16.2. The highest BCUT2D eigenvalue weighted by Gasteiger charge is 2.51. The van der Waals surface area contributed by atoms with Crippen LogP contribution in [0.3, 0.4) is 0 Å². The molecule has 1 unspecified atom stereocenters. The molecule has 4 aromatic heterocycles. The van der Waals surface area contributed by atoms with Gasteiger partial charge in [0, 0.05) is 18.6 Å². The fourth-order valence-corrected chi connectivity index (χ4v) is 4.02. The molecule has 3 N–H and O–H groups in total. The van der Waals surface area contributed by atoms with Crippen LogP contribution in [0.5, 0.6) is 0 Å². The largest absolute Gasteiger partial charge is 0.383 e. The fourth-order valence-electron chi connectivity index (χ4n) is 4.02. The third kappa shape index (κ3) is 2.39. The van der Waals surface area contributed by atoms with E-state index in [-0.39, 0.29) is 17.5 Å². The Kier molecular flexibility index (Phi) is 3.79. The molecule has 5 heterocycles. The molecule has 0 fully saturated rings. The van der Waals surface area contributed by atoms with Crippen LogP contribution in [0.1, 0.15) is 30.3 Å². The summed E-state index contributed by atoms with van der Waals surface area (Å²) in [4.78, 5) is 35.0. The van der Waals surface area contributed by atoms with Crippen LogP contribution in [0.25, 0.3) is 17.2 Å². The second-order valence-electron chi connectivity index (χ2n) is 7.10. The zero-order chi connectivity index (χ0) is 21.0. The lowest BCUT2D eigenvalue weighted by Crippen LogP contribution is -2.36. The number of rotatable bonds is 3. The second-order valence-corrected chi connectivity index (χ2v) is 7.10. The summed E-state index contributed by atoms with van der Waals surface area (Å²) in [6.07, 6.45) is 6.67. The van der Waals surface area contributed by atoms with Crippen molar-refractivity contribution in [3.8, 4) is 11.5 Å². The molecule has 9 nitrogen and oxygen atoms in total. The molecule has 1 aliphatic heterocycles. The highest BCUT2D eigenvalue weighted by Crippen LogP contribution is 2.46. The zero-order valence-corrected chi connectivity index (χ0v) is 16.2. The molecule has 0 aliphatic carbocycles. The molecule has 1 atom stereocenters. The summed E-state index contributed by atoms with van der Waals surface area (Å²) in [6, 6.07) is 2.75. The Hall–Kier alpha value is -3.95. The molecule has 4 aromatic rings. The van der Waals surface area contributed by atoms with Crippen LogP contribution in [0, 0.1) is 12.7 Å². The molecule has 0 saturated carbocycles. The van der Waals surface area contributed by atoms with Crippen molar-refractivity contribution in [1.29, 1.82) is 0 Å². The van der Waals surface area contributed by atoms with E-state index >= 15 is 0 Å². The molecule has 30 heavy (non-hydrogen) atoms. The first-order valence-corrected chi connectivity index (χ1v) is 9.36. The molecule has 150 valence electrons. The smallest absolute Gasteiger partial charge is 0.242 e. The van der Waals surface area contributed by atoms with Gasteiger partial charge >= 0.3 is 0 Å². The standard InChI is InChI=1S/C20H17FN8O/c1-3-20(13-5-4-11(21)8-24-13)14-15(22)26-16(27-17(14)28-19(20)30)12-9-29-7-6-23-18(29)10(2)25-12/h4-9H,3H2,1-2H3,(H3,22,26,27,28,30). The number of pyridine rings is 1. The number of fused-ring (bicyclic) bond motifs is 2. The molecule has 0 saturated heterocycles. The number of aromatic nitrogens is 6. The maximum absolute atomic E-state index is 13.4. The van der Waals surface area contributed by atoms with Gasteiger partial charge in [0.1, 0.15) is 28.6 Å². The first-order chi connectivity index (χ1) is 14.4. The van der Waals surface area contributed by atoms with E-state index in [9.17, 15) is 9.18 Å². The van der Waals surface area contributed by atoms with Crippen LogP contribution < -0.4 is 11.1 Å². The Morgan fingerprint density at radius 2 is 2.07 bits per heavy atom. The average Bonchev–Trinajstić information content (AvgIpc) is 3.31. The minimum atomic E-state index is -1.19. The van der Waals surface area contributed by atoms with Crippen LogP contribution in [0.15, 0.2) is 36.9 Å². The van der Waals surface area contributed by atoms with Gasteiger partial charge in [0.2, 0.25) is 5.91 Å². The summed E-state index contributed by atoms with van der Waals surface area (Å²) in [5.74, 6) is -0.0811. The summed E-state index contributed by atoms with van der Waals surface area (Å²) in [5.41, 5.74) is 7.91. The number of amides is 1. The van der Waals surface area contributed by atoms with E-state index in [1.807, 2.05) is 18.2 Å². The summed E-state index contributed by atoms with van der Waals surface area (Å²) >= 11 is 0. The van der Waals surface area contributed by atoms with E-state index in [2.05, 4.69) is 30.2 Å². The van der Waals surface area contributed by atoms with Crippen LogP contribution in [-0.4, -0.2) is 35.2 Å². The number of imidazole rings is 1. The Morgan fingerprint density at radius 1 is 1.23 bits per heavy atom. The SMILES string of the molecule is CCC1(c2ccc(F)cn2)C(=O)Nc2nc(-c3cn4ccnc4c(C)n3)nc(N)c21. The molecule has 5 rings (SSSR count). The van der Waals surface area contributed by atoms with Gasteiger partial charge in [-0.3, -0.25) is 9.78 Å². The minimum Gasteiger partial charge on any atom is -0.383 e. The average molecular weight is 404 g/mol. The van der Waals surface area contributed by atoms with Gasteiger partial charge in [-0.15, -0.1) is 0 Å². The highest BCUT2D eigenvalue weighted by molar-refractivity contribution is 6.09. The molecule has 0 spiro atoms. The number of carbonyl (C=O) groups is 1. The maximum Gasteiger partial charge on any atom is 0.242 e. The predicted molar refractivity (Wildman–Crippen MR) is 107 cm³/mol. The minimum absolute atomic E-state index is 0.145. The number of hydrogen-bond acceptors (Lipinski definition) is 7. The Morgan fingerprint density at radius 3 is 2.80 bits per heavy atom. The van der Waals surface area contributed by atoms with Crippen molar-refractivity contribution in [3.63, 3.8) is 0 Å². The van der Waals surface area contributed by atoms with Gasteiger partial charge in [0.05, 0.1) is 23.1 Å². The summed E-state index contributed by atoms with van der Waals surface area (Å²) in [7, 11) is 0. The predicted octanol–water partition coefficient (Wildman–Crippen LogP) is 2.26. The van der Waals surface area contributed by atoms with Crippen molar-refractivity contribution in [2.45, 2.75) is 25.7 Å². The fraction of sp³-hybridized carbons (Fsp3) is 0.200. The molecule has 0 radical (unpaired) electrons. The number of halogens is 1. The summed E-state index contributed by atoms with van der Waals surface area (Å²) < 4.78 is 15.2. The molecule has 1 amide bonds. The molecule has 0 bridgehead atoms. The maximum atomic E-state index is 13.4. The van der Waals surface area contributed by atoms with Crippen LogP contribution in [0.2, 0.25) is 0 Å². The van der Waals surface area contributed by atoms with Gasteiger partial charge in [-0.05, 0) is 25.5 Å². The number of nitrogen functional groups attached to an aromatic ring is 1. The van der Waals surface area contributed by atoms with E-state index in [0.717, 1.165) is 11.8 Å². The lowest BCUT2D eigenvalue weighted by Gasteiger charge is -2.25. The quantitative estimate of drug-likeness (QED) is 0.537. The van der Waals surface area contributed by atoms with Crippen molar-refractivity contribution >= 4 is 23.2 Å². The van der Waals surface area contributed by atoms with Crippen LogP contribution in [0.4, 0.5) is 16.0 Å². The lowest BCUT2D eigenvalue weighted by atomic mass is 9.76. The van der Waals surface area contributed by atoms with E-state index < -0.39 is 11.2 Å². The highest BCUT2D eigenvalue weighted by atomic mass is 19.1. The molecular formula is C20H17FN8O. The van der Waals surface area contributed by atoms with Crippen molar-refractivity contribution < 1.29 is 9.18 Å². The lowest BCUT2D eigenvalue weighted by molar-refractivity contribution is -0.119. The van der Waals surface area contributed by atoms with Gasteiger partial charge in [-0.1, -0.05) is 6.92 Å². The van der Waals surface area contributed by atoms with Crippen molar-refractivity contribution in [3.05, 3.63) is 59.7 Å². The second kappa shape index (κ2) is 6.28. The van der Waals surface area contributed by atoms with E-state index in [4.69, 9.17) is 5.73 Å². The molecule has 1 aliphatic rings. The van der Waals surface area contributed by atoms with Gasteiger partial charge in [0.15, 0.2) is 11.5 Å². The Labute approximate surface area is 170 Å². The third-order valence-corrected chi connectivity index (χ3v) is 5.45. The van der Waals surface area contributed by atoms with Crippen molar-refractivity contribution in [2.75, 3.05) is 11.1 Å². The Bertz CT molecular complexity index is 1320. The first-order valence-electron chi connectivity index (χ1n) is 9.36. The van der Waals surface area contributed by atoms with Crippen molar-refractivity contribution in [2.24, 2.45) is 0 Å². The molecule has 0 aromatic carbocycles.